The number of unbranched alkanes of at least 4 members (excludes halogenated alkanes) is 5. The number of hydrogen-bond donors (Lipinski definition) is 1. The summed E-state index contributed by atoms with van der Waals surface area (Å²) in [5.41, 5.74) is 0. The highest BCUT2D eigenvalue weighted by Gasteiger charge is 1.87. The van der Waals surface area contributed by atoms with Crippen LogP contribution in [0.5, 0.6) is 0 Å². The van der Waals surface area contributed by atoms with Gasteiger partial charge in [0, 0.05) is 13.0 Å². The molecule has 0 amide bonds. The van der Waals surface area contributed by atoms with Crippen LogP contribution in [-0.4, -0.2) is 11.7 Å². The van der Waals surface area contributed by atoms with Gasteiger partial charge in [-0.2, -0.15) is 0 Å². The van der Waals surface area contributed by atoms with Crippen LogP contribution in [-0.2, 0) is 0 Å². The van der Waals surface area contributed by atoms with E-state index in [0.717, 1.165) is 25.7 Å². The molecule has 0 fully saturated rings. The highest BCUT2D eigenvalue weighted by Crippen LogP contribution is 2.03. The van der Waals surface area contributed by atoms with E-state index in [1.807, 2.05) is 55.5 Å². The molecule has 1 nitrogen and oxygen atoms in total. The Morgan fingerprint density at radius 1 is 0.789 bits per heavy atom. The summed E-state index contributed by atoms with van der Waals surface area (Å²) in [6.07, 6.45) is 22.4. The zero-order valence-electron chi connectivity index (χ0n) is 12.0. The summed E-state index contributed by atoms with van der Waals surface area (Å²) in [5.74, 6) is 6.17. The first-order valence-corrected chi connectivity index (χ1v) is 7.12. The first-order valence-electron chi connectivity index (χ1n) is 7.12. The Bertz CT molecular complexity index is 348. The standard InChI is InChI=1S/C18H26O/c1-2-3-4-5-6-7-8-9-10-11-12-13-14-15-16-17-18-19/h2-9,19H,12-18H2,1H3/b3-2+,5-4+,7-6+,9-8+. The fourth-order valence-electron chi connectivity index (χ4n) is 1.46. The van der Waals surface area contributed by atoms with E-state index in [0.29, 0.717) is 6.61 Å². The van der Waals surface area contributed by atoms with Gasteiger partial charge in [-0.15, -0.1) is 0 Å². The van der Waals surface area contributed by atoms with Crippen LogP contribution in [0.1, 0.15) is 45.4 Å². The molecular weight excluding hydrogens is 232 g/mol. The van der Waals surface area contributed by atoms with Crippen molar-refractivity contribution in [3.05, 3.63) is 48.6 Å². The van der Waals surface area contributed by atoms with E-state index in [9.17, 15) is 0 Å². The minimum absolute atomic E-state index is 0.321. The lowest BCUT2D eigenvalue weighted by molar-refractivity contribution is 0.282. The molecule has 0 saturated carbocycles. The molecular formula is C18H26O. The van der Waals surface area contributed by atoms with Gasteiger partial charge < -0.3 is 5.11 Å². The Balaban J connectivity index is 3.48. The van der Waals surface area contributed by atoms with Crippen LogP contribution in [0, 0.1) is 11.8 Å². The summed E-state index contributed by atoms with van der Waals surface area (Å²) in [4.78, 5) is 0. The smallest absolute Gasteiger partial charge is 0.0431 e. The van der Waals surface area contributed by atoms with Crippen molar-refractivity contribution in [2.24, 2.45) is 0 Å². The normalized spacial score (nSPS) is 11.9. The molecule has 1 N–H and O–H groups in total. The zero-order chi connectivity index (χ0) is 14.0. The lowest BCUT2D eigenvalue weighted by Crippen LogP contribution is -1.83. The first kappa shape index (κ1) is 17.5. The van der Waals surface area contributed by atoms with Gasteiger partial charge in [0.25, 0.3) is 0 Å². The van der Waals surface area contributed by atoms with Crippen LogP contribution in [0.2, 0.25) is 0 Å². The Morgan fingerprint density at radius 3 is 2.16 bits per heavy atom. The van der Waals surface area contributed by atoms with E-state index in [4.69, 9.17) is 5.11 Å². The molecule has 0 heterocycles. The molecule has 0 aromatic rings. The van der Waals surface area contributed by atoms with Crippen LogP contribution in [0.3, 0.4) is 0 Å². The fourth-order valence-corrected chi connectivity index (χ4v) is 1.46. The monoisotopic (exact) mass is 258 g/mol. The van der Waals surface area contributed by atoms with Crippen molar-refractivity contribution in [2.75, 3.05) is 6.61 Å². The van der Waals surface area contributed by atoms with Crippen molar-refractivity contribution in [2.45, 2.75) is 45.4 Å². The fraction of sp³-hybridized carbons (Fsp3) is 0.444. The van der Waals surface area contributed by atoms with Gasteiger partial charge >= 0.3 is 0 Å². The summed E-state index contributed by atoms with van der Waals surface area (Å²) >= 11 is 0. The molecule has 0 aliphatic rings. The van der Waals surface area contributed by atoms with Gasteiger partial charge in [0.2, 0.25) is 0 Å². The van der Waals surface area contributed by atoms with E-state index >= 15 is 0 Å². The summed E-state index contributed by atoms with van der Waals surface area (Å²) < 4.78 is 0. The van der Waals surface area contributed by atoms with Crippen LogP contribution >= 0.6 is 0 Å². The zero-order valence-corrected chi connectivity index (χ0v) is 12.0. The van der Waals surface area contributed by atoms with Gasteiger partial charge in [0.05, 0.1) is 0 Å². The predicted molar refractivity (Wildman–Crippen MR) is 84.8 cm³/mol. The maximum atomic E-state index is 8.63. The number of allylic oxidation sites excluding steroid dienone is 8. The molecule has 19 heavy (non-hydrogen) atoms. The van der Waals surface area contributed by atoms with Gasteiger partial charge in [-0.25, -0.2) is 0 Å². The second kappa shape index (κ2) is 16.5. The lowest BCUT2D eigenvalue weighted by atomic mass is 10.1. The van der Waals surface area contributed by atoms with Crippen molar-refractivity contribution in [3.8, 4) is 11.8 Å². The van der Waals surface area contributed by atoms with E-state index in [2.05, 4.69) is 11.8 Å². The summed E-state index contributed by atoms with van der Waals surface area (Å²) in [6, 6.07) is 0. The van der Waals surface area contributed by atoms with Gasteiger partial charge in [0.15, 0.2) is 0 Å². The maximum Gasteiger partial charge on any atom is 0.0431 e. The average Bonchev–Trinajstić information content (AvgIpc) is 2.43. The topological polar surface area (TPSA) is 20.2 Å². The van der Waals surface area contributed by atoms with Crippen molar-refractivity contribution in [1.82, 2.24) is 0 Å². The van der Waals surface area contributed by atoms with Crippen LogP contribution in [0.15, 0.2) is 48.6 Å². The molecule has 0 aliphatic carbocycles. The van der Waals surface area contributed by atoms with Crippen molar-refractivity contribution < 1.29 is 5.11 Å². The summed E-state index contributed by atoms with van der Waals surface area (Å²) in [6.45, 7) is 2.32. The second-order valence-electron chi connectivity index (χ2n) is 4.22. The summed E-state index contributed by atoms with van der Waals surface area (Å²) in [7, 11) is 0. The van der Waals surface area contributed by atoms with Crippen LogP contribution < -0.4 is 0 Å². The molecule has 0 aromatic heterocycles. The lowest BCUT2D eigenvalue weighted by Gasteiger charge is -1.95. The molecule has 104 valence electrons. The minimum atomic E-state index is 0.321. The SMILES string of the molecule is C/C=C/C=C/C=C/C=C/C#CCCCCCCCO. The first-order chi connectivity index (χ1) is 9.41. The predicted octanol–water partition coefficient (Wildman–Crippen LogP) is 4.57. The molecule has 0 radical (unpaired) electrons. The maximum absolute atomic E-state index is 8.63. The Morgan fingerprint density at radius 2 is 1.42 bits per heavy atom. The molecule has 0 saturated heterocycles. The van der Waals surface area contributed by atoms with Crippen molar-refractivity contribution in [1.29, 1.82) is 0 Å². The number of aliphatic hydroxyl groups excluding tert-OH is 1. The highest BCUT2D eigenvalue weighted by atomic mass is 16.2. The van der Waals surface area contributed by atoms with E-state index < -0.39 is 0 Å². The molecule has 0 bridgehead atoms. The largest absolute Gasteiger partial charge is 0.396 e. The highest BCUT2D eigenvalue weighted by molar-refractivity contribution is 5.22. The number of aliphatic hydroxyl groups is 1. The third-order valence-electron chi connectivity index (χ3n) is 2.49. The molecule has 1 heteroatoms. The molecule has 0 atom stereocenters. The third kappa shape index (κ3) is 16.5. The minimum Gasteiger partial charge on any atom is -0.396 e. The van der Waals surface area contributed by atoms with Crippen molar-refractivity contribution in [3.63, 3.8) is 0 Å². The Kier molecular flexibility index (Phi) is 15.2. The quantitative estimate of drug-likeness (QED) is 0.365. The van der Waals surface area contributed by atoms with Crippen LogP contribution in [0.4, 0.5) is 0 Å². The van der Waals surface area contributed by atoms with Gasteiger partial charge in [0.1, 0.15) is 0 Å². The van der Waals surface area contributed by atoms with E-state index in [-0.39, 0.29) is 0 Å². The molecule has 0 spiro atoms. The molecule has 0 unspecified atom stereocenters. The molecule has 0 aliphatic heterocycles. The van der Waals surface area contributed by atoms with Gasteiger partial charge in [-0.05, 0) is 25.8 Å². The third-order valence-corrected chi connectivity index (χ3v) is 2.49. The average molecular weight is 258 g/mol. The van der Waals surface area contributed by atoms with E-state index in [1.165, 1.54) is 12.8 Å². The van der Waals surface area contributed by atoms with Gasteiger partial charge in [-0.1, -0.05) is 73.6 Å². The Hall–Kier alpha value is -1.52. The van der Waals surface area contributed by atoms with Crippen molar-refractivity contribution >= 4 is 0 Å². The van der Waals surface area contributed by atoms with Crippen LogP contribution in [0.25, 0.3) is 0 Å². The molecule has 0 aromatic carbocycles. The van der Waals surface area contributed by atoms with E-state index in [1.54, 1.807) is 0 Å². The van der Waals surface area contributed by atoms with Gasteiger partial charge in [-0.3, -0.25) is 0 Å². The second-order valence-corrected chi connectivity index (χ2v) is 4.22. The molecule has 0 rings (SSSR count). The summed E-state index contributed by atoms with van der Waals surface area (Å²) in [5, 5.41) is 8.63. The number of hydrogen-bond acceptors (Lipinski definition) is 1. The number of rotatable bonds is 9. The Labute approximate surface area is 118 Å².